The van der Waals surface area contributed by atoms with Crippen LogP contribution in [-0.2, 0) is 12.8 Å². The van der Waals surface area contributed by atoms with E-state index in [9.17, 15) is 0 Å². The number of nitrogens with zero attached hydrogens (tertiary/aromatic N) is 3. The van der Waals surface area contributed by atoms with Crippen molar-refractivity contribution in [1.82, 2.24) is 0 Å². The number of anilines is 4. The van der Waals surface area contributed by atoms with Crippen molar-refractivity contribution in [2.24, 2.45) is 5.10 Å². The molecule has 0 bridgehead atoms. The van der Waals surface area contributed by atoms with Gasteiger partial charge in [0.25, 0.3) is 0 Å². The van der Waals surface area contributed by atoms with Gasteiger partial charge in [-0.05, 0) is 96.0 Å². The van der Waals surface area contributed by atoms with E-state index in [4.69, 9.17) is 5.10 Å². The van der Waals surface area contributed by atoms with Crippen LogP contribution in [0.15, 0.2) is 175 Å². The fourth-order valence-electron chi connectivity index (χ4n) is 6.22. The molecule has 0 heterocycles. The number of aryl methyl sites for hydroxylation is 1. The zero-order valence-electron chi connectivity index (χ0n) is 25.9. The first-order valence-corrected chi connectivity index (χ1v) is 16.1. The maximum absolute atomic E-state index is 4.94. The molecule has 0 radical (unpaired) electrons. The lowest BCUT2D eigenvalue weighted by molar-refractivity contribution is 0.685. The van der Waals surface area contributed by atoms with Crippen LogP contribution in [-0.4, -0.2) is 6.21 Å². The van der Waals surface area contributed by atoms with E-state index < -0.39 is 0 Å². The average Bonchev–Trinajstić information content (AvgIpc) is 3.14. The van der Waals surface area contributed by atoms with Gasteiger partial charge in [-0.25, -0.2) is 5.01 Å². The second-order valence-corrected chi connectivity index (χ2v) is 11.6. The highest BCUT2D eigenvalue weighted by molar-refractivity contribution is 5.86. The van der Waals surface area contributed by atoms with Crippen molar-refractivity contribution in [2.75, 3.05) is 9.91 Å². The SMILES string of the molecule is C(=C(c1ccccc1)c1ccccc1)N(c1ccc(/C=N/N(c2ccccc2)c2ccccc2)cc1)c1cccc2c1CCCC2. The van der Waals surface area contributed by atoms with Crippen LogP contribution in [0.4, 0.5) is 22.7 Å². The molecule has 0 saturated carbocycles. The Hall–Kier alpha value is -5.67. The molecule has 6 aromatic rings. The Balaban J connectivity index is 1.29. The third kappa shape index (κ3) is 6.55. The largest absolute Gasteiger partial charge is 0.316 e. The molecule has 0 fully saturated rings. The molecule has 0 spiro atoms. The van der Waals surface area contributed by atoms with Gasteiger partial charge in [0.05, 0.1) is 17.6 Å². The van der Waals surface area contributed by atoms with Gasteiger partial charge in [0, 0.05) is 23.1 Å². The van der Waals surface area contributed by atoms with E-state index in [0.29, 0.717) is 0 Å². The van der Waals surface area contributed by atoms with Crippen LogP contribution in [0, 0.1) is 0 Å². The van der Waals surface area contributed by atoms with Gasteiger partial charge >= 0.3 is 0 Å². The summed E-state index contributed by atoms with van der Waals surface area (Å²) in [5.41, 5.74) is 11.9. The lowest BCUT2D eigenvalue weighted by Crippen LogP contribution is -2.15. The molecule has 46 heavy (non-hydrogen) atoms. The van der Waals surface area contributed by atoms with Gasteiger partial charge in [0.15, 0.2) is 0 Å². The van der Waals surface area contributed by atoms with Crippen LogP contribution in [0.5, 0.6) is 0 Å². The van der Waals surface area contributed by atoms with Gasteiger partial charge in [-0.15, -0.1) is 0 Å². The molecule has 7 rings (SSSR count). The Morgan fingerprint density at radius 1 is 0.500 bits per heavy atom. The van der Waals surface area contributed by atoms with Gasteiger partial charge in [-0.1, -0.05) is 121 Å². The van der Waals surface area contributed by atoms with Crippen molar-refractivity contribution in [3.8, 4) is 0 Å². The van der Waals surface area contributed by atoms with Crippen molar-refractivity contribution >= 4 is 34.5 Å². The summed E-state index contributed by atoms with van der Waals surface area (Å²) in [6.45, 7) is 0. The number of hydrazone groups is 1. The number of hydrogen-bond donors (Lipinski definition) is 0. The van der Waals surface area contributed by atoms with Crippen LogP contribution >= 0.6 is 0 Å². The summed E-state index contributed by atoms with van der Waals surface area (Å²) in [7, 11) is 0. The molecule has 1 aliphatic carbocycles. The van der Waals surface area contributed by atoms with Gasteiger partial charge in [-0.2, -0.15) is 5.10 Å². The molecule has 6 aromatic carbocycles. The average molecular weight is 596 g/mol. The summed E-state index contributed by atoms with van der Waals surface area (Å²) in [5, 5.41) is 6.91. The predicted octanol–water partition coefficient (Wildman–Crippen LogP) is 11.0. The fourth-order valence-corrected chi connectivity index (χ4v) is 6.22. The minimum Gasteiger partial charge on any atom is -0.316 e. The molecule has 0 atom stereocenters. The highest BCUT2D eigenvalue weighted by atomic mass is 15.5. The highest BCUT2D eigenvalue weighted by Gasteiger charge is 2.19. The first-order valence-electron chi connectivity index (χ1n) is 16.1. The Morgan fingerprint density at radius 2 is 1.04 bits per heavy atom. The smallest absolute Gasteiger partial charge is 0.0652 e. The molecule has 0 N–H and O–H groups in total. The van der Waals surface area contributed by atoms with Crippen LogP contribution in [0.25, 0.3) is 5.57 Å². The van der Waals surface area contributed by atoms with E-state index in [1.165, 1.54) is 46.4 Å². The molecule has 0 aromatic heterocycles. The zero-order valence-corrected chi connectivity index (χ0v) is 25.9. The van der Waals surface area contributed by atoms with Gasteiger partial charge in [0.1, 0.15) is 0 Å². The van der Waals surface area contributed by atoms with Crippen molar-refractivity contribution in [1.29, 1.82) is 0 Å². The Labute approximate surface area is 272 Å². The Bertz CT molecular complexity index is 1830. The second-order valence-electron chi connectivity index (χ2n) is 11.6. The monoisotopic (exact) mass is 595 g/mol. The molecular formula is C43H37N3. The molecule has 224 valence electrons. The van der Waals surface area contributed by atoms with Crippen molar-refractivity contribution in [3.05, 3.63) is 198 Å². The van der Waals surface area contributed by atoms with E-state index in [-0.39, 0.29) is 0 Å². The lowest BCUT2D eigenvalue weighted by atomic mass is 9.90. The van der Waals surface area contributed by atoms with Crippen molar-refractivity contribution in [2.45, 2.75) is 25.7 Å². The summed E-state index contributed by atoms with van der Waals surface area (Å²) in [4.78, 5) is 2.39. The summed E-state index contributed by atoms with van der Waals surface area (Å²) >= 11 is 0. The molecule has 1 aliphatic rings. The van der Waals surface area contributed by atoms with E-state index in [1.807, 2.05) is 47.6 Å². The topological polar surface area (TPSA) is 18.8 Å². The highest BCUT2D eigenvalue weighted by Crippen LogP contribution is 2.37. The zero-order chi connectivity index (χ0) is 31.0. The molecule has 0 saturated heterocycles. The normalized spacial score (nSPS) is 12.3. The molecule has 0 aliphatic heterocycles. The quantitative estimate of drug-likeness (QED) is 0.122. The van der Waals surface area contributed by atoms with Gasteiger partial charge in [0.2, 0.25) is 0 Å². The first kappa shape index (κ1) is 29.1. The van der Waals surface area contributed by atoms with Crippen LogP contribution in [0.2, 0.25) is 0 Å². The predicted molar refractivity (Wildman–Crippen MR) is 194 cm³/mol. The standard InChI is InChI=1S/C43H37N3/c1-5-16-36(17-6-1)42(37-18-7-2-8-19-37)33-45(43-27-15-21-35-20-13-14-26-41(35)43)38-30-28-34(29-31-38)32-44-46(39-22-9-3-10-23-39)40-24-11-4-12-25-40/h1-12,15-19,21-25,27-33H,13-14,20,26H2/b44-32+. The Morgan fingerprint density at radius 3 is 1.63 bits per heavy atom. The molecule has 0 unspecified atom stereocenters. The third-order valence-electron chi connectivity index (χ3n) is 8.55. The van der Waals surface area contributed by atoms with Crippen LogP contribution in [0.3, 0.4) is 0 Å². The minimum absolute atomic E-state index is 1.01. The van der Waals surface area contributed by atoms with Crippen LogP contribution < -0.4 is 9.91 Å². The Kier molecular flexibility index (Phi) is 8.82. The molecule has 3 heteroatoms. The molecule has 0 amide bonds. The van der Waals surface area contributed by atoms with Crippen molar-refractivity contribution < 1.29 is 0 Å². The van der Waals surface area contributed by atoms with E-state index in [2.05, 4.69) is 138 Å². The van der Waals surface area contributed by atoms with Gasteiger partial charge in [-0.3, -0.25) is 0 Å². The third-order valence-corrected chi connectivity index (χ3v) is 8.55. The maximum Gasteiger partial charge on any atom is 0.0652 e. The van der Waals surface area contributed by atoms with E-state index >= 15 is 0 Å². The molecule has 3 nitrogen and oxygen atoms in total. The summed E-state index contributed by atoms with van der Waals surface area (Å²) in [6.07, 6.45) is 8.97. The van der Waals surface area contributed by atoms with Crippen molar-refractivity contribution in [3.63, 3.8) is 0 Å². The maximum atomic E-state index is 4.94. The fraction of sp³-hybridized carbons (Fsp3) is 0.0930. The minimum atomic E-state index is 1.01. The summed E-state index contributed by atoms with van der Waals surface area (Å²) in [5.74, 6) is 0. The number of rotatable bonds is 9. The van der Waals surface area contributed by atoms with Gasteiger partial charge < -0.3 is 4.90 Å². The summed E-state index contributed by atoms with van der Waals surface area (Å²) < 4.78 is 0. The van der Waals surface area contributed by atoms with Crippen LogP contribution in [0.1, 0.15) is 40.7 Å². The second kappa shape index (κ2) is 14.0. The van der Waals surface area contributed by atoms with E-state index in [0.717, 1.165) is 35.5 Å². The number of benzene rings is 6. The number of para-hydroxylation sites is 2. The lowest BCUT2D eigenvalue weighted by Gasteiger charge is -2.29. The number of fused-ring (bicyclic) bond motifs is 1. The summed E-state index contributed by atoms with van der Waals surface area (Å²) in [6, 6.07) is 57.5. The first-order chi connectivity index (χ1) is 22.8. The molecular weight excluding hydrogens is 558 g/mol. The number of hydrogen-bond acceptors (Lipinski definition) is 3. The van der Waals surface area contributed by atoms with E-state index in [1.54, 1.807) is 0 Å².